The minimum absolute atomic E-state index is 0.631. The van der Waals surface area contributed by atoms with Gasteiger partial charge in [0, 0.05) is 10.9 Å². The van der Waals surface area contributed by atoms with Crippen molar-refractivity contribution in [3.05, 3.63) is 36.0 Å². The number of para-hydroxylation sites is 1. The highest BCUT2D eigenvalue weighted by Crippen LogP contribution is 2.12. The van der Waals surface area contributed by atoms with E-state index in [1.807, 2.05) is 44.2 Å². The monoisotopic (exact) mass is 175 g/mol. The topological polar surface area (TPSA) is 32.9 Å². The summed E-state index contributed by atoms with van der Waals surface area (Å²) in [5.74, 6) is 0. The Morgan fingerprint density at radius 3 is 2.54 bits per heavy atom. The number of fused-ring (bicyclic) bond motifs is 1. The second-order valence-corrected chi connectivity index (χ2v) is 2.43. The molecule has 0 fully saturated rings. The normalized spacial score (nSPS) is 9.08. The van der Waals surface area contributed by atoms with Crippen LogP contribution in [0.5, 0.6) is 0 Å². The van der Waals surface area contributed by atoms with Gasteiger partial charge in [-0.2, -0.15) is 0 Å². The average molecular weight is 175 g/mol. The van der Waals surface area contributed by atoms with Gasteiger partial charge < -0.3 is 4.98 Å². The van der Waals surface area contributed by atoms with Gasteiger partial charge in [0.15, 0.2) is 6.29 Å². The average Bonchev–Trinajstić information content (AvgIpc) is 2.63. The zero-order valence-corrected chi connectivity index (χ0v) is 7.87. The first-order valence-corrected chi connectivity index (χ1v) is 4.43. The molecule has 0 radical (unpaired) electrons. The zero-order chi connectivity index (χ0) is 9.68. The second kappa shape index (κ2) is 4.45. The van der Waals surface area contributed by atoms with Crippen molar-refractivity contribution in [1.82, 2.24) is 4.98 Å². The Bertz CT molecular complexity index is 357. The summed E-state index contributed by atoms with van der Waals surface area (Å²) in [7, 11) is 0. The van der Waals surface area contributed by atoms with Crippen LogP contribution in [-0.4, -0.2) is 11.3 Å². The summed E-state index contributed by atoms with van der Waals surface area (Å²) in [4.78, 5) is 13.3. The van der Waals surface area contributed by atoms with E-state index in [0.717, 1.165) is 17.2 Å². The number of aromatic nitrogens is 1. The molecular weight excluding hydrogens is 162 g/mol. The fourth-order valence-corrected chi connectivity index (χ4v) is 1.16. The Labute approximate surface area is 77.6 Å². The Kier molecular flexibility index (Phi) is 3.26. The van der Waals surface area contributed by atoms with Crippen LogP contribution in [-0.2, 0) is 0 Å². The third-order valence-electron chi connectivity index (χ3n) is 1.68. The Hall–Kier alpha value is -1.57. The summed E-state index contributed by atoms with van der Waals surface area (Å²) in [6, 6.07) is 9.64. The molecule has 1 N–H and O–H groups in total. The van der Waals surface area contributed by atoms with E-state index in [0.29, 0.717) is 5.69 Å². The van der Waals surface area contributed by atoms with Gasteiger partial charge in [-0.15, -0.1) is 0 Å². The zero-order valence-electron chi connectivity index (χ0n) is 7.87. The lowest BCUT2D eigenvalue weighted by molar-refractivity contribution is 0.112. The van der Waals surface area contributed by atoms with Gasteiger partial charge in [0.05, 0.1) is 5.69 Å². The molecule has 0 aliphatic carbocycles. The van der Waals surface area contributed by atoms with E-state index in [-0.39, 0.29) is 0 Å². The Morgan fingerprint density at radius 2 is 1.92 bits per heavy atom. The molecule has 0 aliphatic heterocycles. The maximum Gasteiger partial charge on any atom is 0.166 e. The van der Waals surface area contributed by atoms with Crippen molar-refractivity contribution in [3.63, 3.8) is 0 Å². The number of H-pyrrole nitrogens is 1. The van der Waals surface area contributed by atoms with E-state index in [4.69, 9.17) is 0 Å². The summed E-state index contributed by atoms with van der Waals surface area (Å²) < 4.78 is 0. The number of hydrogen-bond donors (Lipinski definition) is 1. The maximum atomic E-state index is 10.3. The molecule has 2 heteroatoms. The SMILES string of the molecule is CC.O=Cc1cc2ccccc2[nH]1. The van der Waals surface area contributed by atoms with Crippen LogP contribution in [0.15, 0.2) is 30.3 Å². The molecule has 0 aliphatic rings. The maximum absolute atomic E-state index is 10.3. The fourth-order valence-electron chi connectivity index (χ4n) is 1.16. The standard InChI is InChI=1S/C9H7NO.C2H6/c11-6-8-5-7-3-1-2-4-9(7)10-8;1-2/h1-6,10H;1-2H3. The van der Waals surface area contributed by atoms with E-state index >= 15 is 0 Å². The predicted molar refractivity (Wildman–Crippen MR) is 55.0 cm³/mol. The van der Waals surface area contributed by atoms with Gasteiger partial charge in [-0.05, 0) is 12.1 Å². The first-order valence-electron chi connectivity index (χ1n) is 4.43. The third-order valence-corrected chi connectivity index (χ3v) is 1.68. The quantitative estimate of drug-likeness (QED) is 0.664. The molecule has 0 bridgehead atoms. The van der Waals surface area contributed by atoms with Crippen LogP contribution in [0.4, 0.5) is 0 Å². The molecule has 1 aromatic heterocycles. The minimum atomic E-state index is 0.631. The number of aromatic amines is 1. The van der Waals surface area contributed by atoms with Crippen LogP contribution in [0, 0.1) is 0 Å². The van der Waals surface area contributed by atoms with Crippen molar-refractivity contribution >= 4 is 17.2 Å². The highest BCUT2D eigenvalue weighted by Gasteiger charge is 1.95. The summed E-state index contributed by atoms with van der Waals surface area (Å²) in [6.07, 6.45) is 0.819. The van der Waals surface area contributed by atoms with Crippen molar-refractivity contribution in [3.8, 4) is 0 Å². The Morgan fingerprint density at radius 1 is 1.23 bits per heavy atom. The number of aldehydes is 1. The van der Waals surface area contributed by atoms with Gasteiger partial charge in [0.25, 0.3) is 0 Å². The lowest BCUT2D eigenvalue weighted by Gasteiger charge is -1.83. The van der Waals surface area contributed by atoms with Gasteiger partial charge in [0.2, 0.25) is 0 Å². The van der Waals surface area contributed by atoms with Crippen LogP contribution in [0.2, 0.25) is 0 Å². The van der Waals surface area contributed by atoms with Crippen LogP contribution in [0.3, 0.4) is 0 Å². The molecule has 13 heavy (non-hydrogen) atoms. The fraction of sp³-hybridized carbons (Fsp3) is 0.182. The number of benzene rings is 1. The molecule has 2 rings (SSSR count). The minimum Gasteiger partial charge on any atom is -0.352 e. The smallest absolute Gasteiger partial charge is 0.166 e. The third kappa shape index (κ3) is 1.96. The highest BCUT2D eigenvalue weighted by molar-refractivity contribution is 5.87. The summed E-state index contributed by atoms with van der Waals surface area (Å²) >= 11 is 0. The molecule has 1 heterocycles. The lowest BCUT2D eigenvalue weighted by Crippen LogP contribution is -1.73. The number of rotatable bonds is 1. The van der Waals surface area contributed by atoms with E-state index in [1.54, 1.807) is 0 Å². The van der Waals surface area contributed by atoms with E-state index in [2.05, 4.69) is 4.98 Å². The first-order chi connectivity index (χ1) is 6.40. The molecule has 0 saturated carbocycles. The number of carbonyl (C=O) groups excluding carboxylic acids is 1. The molecule has 0 amide bonds. The number of hydrogen-bond acceptors (Lipinski definition) is 1. The van der Waals surface area contributed by atoms with Crippen molar-refractivity contribution < 1.29 is 4.79 Å². The van der Waals surface area contributed by atoms with Crippen molar-refractivity contribution in [2.24, 2.45) is 0 Å². The summed E-state index contributed by atoms with van der Waals surface area (Å²) in [5.41, 5.74) is 1.64. The molecule has 1 aromatic carbocycles. The first kappa shape index (κ1) is 9.52. The van der Waals surface area contributed by atoms with Crippen molar-refractivity contribution in [2.75, 3.05) is 0 Å². The van der Waals surface area contributed by atoms with Crippen molar-refractivity contribution in [1.29, 1.82) is 0 Å². The highest BCUT2D eigenvalue weighted by atomic mass is 16.1. The van der Waals surface area contributed by atoms with Gasteiger partial charge >= 0.3 is 0 Å². The molecule has 0 unspecified atom stereocenters. The van der Waals surface area contributed by atoms with E-state index in [1.165, 1.54) is 0 Å². The van der Waals surface area contributed by atoms with E-state index in [9.17, 15) is 4.79 Å². The number of carbonyl (C=O) groups is 1. The van der Waals surface area contributed by atoms with Crippen LogP contribution in [0.25, 0.3) is 10.9 Å². The van der Waals surface area contributed by atoms with Crippen LogP contribution >= 0.6 is 0 Å². The second-order valence-electron chi connectivity index (χ2n) is 2.43. The molecule has 2 nitrogen and oxygen atoms in total. The summed E-state index contributed by atoms with van der Waals surface area (Å²) in [5, 5.41) is 1.08. The van der Waals surface area contributed by atoms with Gasteiger partial charge in [-0.1, -0.05) is 32.0 Å². The Balaban J connectivity index is 0.000000396. The van der Waals surface area contributed by atoms with Gasteiger partial charge in [-0.25, -0.2) is 0 Å². The van der Waals surface area contributed by atoms with E-state index < -0.39 is 0 Å². The molecule has 0 saturated heterocycles. The molecular formula is C11H13NO. The molecule has 0 spiro atoms. The molecule has 2 aromatic rings. The van der Waals surface area contributed by atoms with Gasteiger partial charge in [-0.3, -0.25) is 4.79 Å². The van der Waals surface area contributed by atoms with Gasteiger partial charge in [0.1, 0.15) is 0 Å². The van der Waals surface area contributed by atoms with Crippen molar-refractivity contribution in [2.45, 2.75) is 13.8 Å². The molecule has 68 valence electrons. The summed E-state index contributed by atoms with van der Waals surface area (Å²) in [6.45, 7) is 4.00. The van der Waals surface area contributed by atoms with Crippen LogP contribution in [0.1, 0.15) is 24.3 Å². The predicted octanol–water partition coefficient (Wildman–Crippen LogP) is 3.01. The molecule has 0 atom stereocenters. The lowest BCUT2D eigenvalue weighted by atomic mass is 10.2. The van der Waals surface area contributed by atoms with Crippen LogP contribution < -0.4 is 0 Å². The largest absolute Gasteiger partial charge is 0.352 e. The number of nitrogens with one attached hydrogen (secondary N) is 1.